The molecule has 2 aliphatic rings. The van der Waals surface area contributed by atoms with Crippen LogP contribution in [0.15, 0.2) is 0 Å². The van der Waals surface area contributed by atoms with Crippen molar-refractivity contribution in [2.24, 2.45) is 5.92 Å². The zero-order valence-electron chi connectivity index (χ0n) is 13.5. The second-order valence-corrected chi connectivity index (χ2v) is 7.07. The molecule has 2 rings (SSSR count). The van der Waals surface area contributed by atoms with E-state index in [4.69, 9.17) is 9.47 Å². The van der Waals surface area contributed by atoms with Crippen molar-refractivity contribution in [1.29, 1.82) is 0 Å². The molecule has 0 atom stereocenters. The number of nitrogens with one attached hydrogen (secondary N) is 1. The van der Waals surface area contributed by atoms with E-state index in [0.717, 1.165) is 32.4 Å². The molecule has 0 aliphatic heterocycles. The van der Waals surface area contributed by atoms with Gasteiger partial charge in [-0.25, -0.2) is 0 Å². The van der Waals surface area contributed by atoms with E-state index >= 15 is 0 Å². The summed E-state index contributed by atoms with van der Waals surface area (Å²) in [5.41, 5.74) is 0.0836. The molecular weight excluding hydrogens is 250 g/mol. The van der Waals surface area contributed by atoms with Gasteiger partial charge in [-0.15, -0.1) is 0 Å². The first-order valence-electron chi connectivity index (χ1n) is 8.65. The monoisotopic (exact) mass is 283 g/mol. The van der Waals surface area contributed by atoms with Crippen LogP contribution in [-0.4, -0.2) is 38.0 Å². The van der Waals surface area contributed by atoms with E-state index in [9.17, 15) is 0 Å². The molecule has 0 bridgehead atoms. The maximum atomic E-state index is 6.32. The topological polar surface area (TPSA) is 30.5 Å². The maximum Gasteiger partial charge on any atom is 0.0807 e. The lowest BCUT2D eigenvalue weighted by molar-refractivity contribution is -0.0770. The highest BCUT2D eigenvalue weighted by Gasteiger charge is 2.33. The third-order valence-electron chi connectivity index (χ3n) is 4.39. The first-order valence-corrected chi connectivity index (χ1v) is 8.65. The van der Waals surface area contributed by atoms with E-state index in [1.54, 1.807) is 0 Å². The van der Waals surface area contributed by atoms with Crippen LogP contribution in [0.1, 0.15) is 65.2 Å². The first kappa shape index (κ1) is 16.3. The standard InChI is InChI=1S/C17H33NO2/c1-15(2)13-19-11-12-20-17(14-18-16-7-8-16)9-5-3-4-6-10-17/h15-16,18H,3-14H2,1-2H3. The molecule has 0 heterocycles. The van der Waals surface area contributed by atoms with Gasteiger partial charge in [-0.1, -0.05) is 39.5 Å². The van der Waals surface area contributed by atoms with Crippen LogP contribution in [0, 0.1) is 5.92 Å². The van der Waals surface area contributed by atoms with E-state index in [0.29, 0.717) is 5.92 Å². The summed E-state index contributed by atoms with van der Waals surface area (Å²) in [6.07, 6.45) is 10.5. The minimum atomic E-state index is 0.0836. The van der Waals surface area contributed by atoms with Crippen molar-refractivity contribution in [2.45, 2.75) is 76.9 Å². The lowest BCUT2D eigenvalue weighted by Crippen LogP contribution is -2.44. The van der Waals surface area contributed by atoms with Crippen LogP contribution >= 0.6 is 0 Å². The van der Waals surface area contributed by atoms with Gasteiger partial charge in [0.2, 0.25) is 0 Å². The maximum absolute atomic E-state index is 6.32. The summed E-state index contributed by atoms with van der Waals surface area (Å²) in [5, 5.41) is 3.69. The summed E-state index contributed by atoms with van der Waals surface area (Å²) in [6, 6.07) is 0.774. The fourth-order valence-electron chi connectivity index (χ4n) is 3.00. The van der Waals surface area contributed by atoms with E-state index in [1.165, 1.54) is 51.4 Å². The number of hydrogen-bond acceptors (Lipinski definition) is 3. The predicted molar refractivity (Wildman–Crippen MR) is 83.1 cm³/mol. The third kappa shape index (κ3) is 6.11. The number of rotatable bonds is 9. The van der Waals surface area contributed by atoms with Crippen molar-refractivity contribution in [3.8, 4) is 0 Å². The predicted octanol–water partition coefficient (Wildman–Crippen LogP) is 3.52. The van der Waals surface area contributed by atoms with Crippen LogP contribution in [0.3, 0.4) is 0 Å². The molecule has 3 nitrogen and oxygen atoms in total. The molecule has 2 saturated carbocycles. The molecule has 0 aromatic rings. The first-order chi connectivity index (χ1) is 9.70. The quantitative estimate of drug-likeness (QED) is 0.519. The van der Waals surface area contributed by atoms with Crippen LogP contribution in [0.25, 0.3) is 0 Å². The lowest BCUT2D eigenvalue weighted by Gasteiger charge is -2.33. The van der Waals surface area contributed by atoms with Crippen molar-refractivity contribution >= 4 is 0 Å². The van der Waals surface area contributed by atoms with E-state index < -0.39 is 0 Å². The Bertz CT molecular complexity index is 256. The van der Waals surface area contributed by atoms with Gasteiger partial charge in [-0.3, -0.25) is 0 Å². The normalized spacial score (nSPS) is 22.9. The Kier molecular flexibility index (Phi) is 6.79. The van der Waals surface area contributed by atoms with Gasteiger partial charge >= 0.3 is 0 Å². The zero-order chi connectivity index (χ0) is 14.3. The summed E-state index contributed by atoms with van der Waals surface area (Å²) < 4.78 is 12.0. The van der Waals surface area contributed by atoms with E-state index in [-0.39, 0.29) is 5.60 Å². The fourth-order valence-corrected chi connectivity index (χ4v) is 3.00. The highest BCUT2D eigenvalue weighted by Crippen LogP contribution is 2.31. The van der Waals surface area contributed by atoms with Gasteiger partial charge in [0.25, 0.3) is 0 Å². The second-order valence-electron chi connectivity index (χ2n) is 7.07. The molecule has 1 N–H and O–H groups in total. The second kappa shape index (κ2) is 8.35. The Hall–Kier alpha value is -0.120. The van der Waals surface area contributed by atoms with Crippen LogP contribution in [0.4, 0.5) is 0 Å². The molecule has 0 amide bonds. The van der Waals surface area contributed by atoms with Gasteiger partial charge in [0.05, 0.1) is 18.8 Å². The van der Waals surface area contributed by atoms with Gasteiger partial charge in [0, 0.05) is 19.2 Å². The molecule has 0 saturated heterocycles. The Balaban J connectivity index is 1.72. The van der Waals surface area contributed by atoms with Crippen LogP contribution < -0.4 is 5.32 Å². The molecule has 0 unspecified atom stereocenters. The molecule has 0 aromatic carbocycles. The number of ether oxygens (including phenoxy) is 2. The molecule has 2 aliphatic carbocycles. The summed E-state index contributed by atoms with van der Waals surface area (Å²) >= 11 is 0. The van der Waals surface area contributed by atoms with Crippen molar-refractivity contribution in [2.75, 3.05) is 26.4 Å². The largest absolute Gasteiger partial charge is 0.379 e. The van der Waals surface area contributed by atoms with Crippen LogP contribution in [0.2, 0.25) is 0 Å². The van der Waals surface area contributed by atoms with E-state index in [2.05, 4.69) is 19.2 Å². The zero-order valence-corrected chi connectivity index (χ0v) is 13.5. The van der Waals surface area contributed by atoms with Crippen LogP contribution in [-0.2, 0) is 9.47 Å². The Labute approximate surface area is 124 Å². The Morgan fingerprint density at radius 2 is 1.75 bits per heavy atom. The molecule has 3 heteroatoms. The van der Waals surface area contributed by atoms with Crippen molar-refractivity contribution in [3.63, 3.8) is 0 Å². The van der Waals surface area contributed by atoms with Gasteiger partial charge in [-0.2, -0.15) is 0 Å². The number of hydrogen-bond donors (Lipinski definition) is 1. The van der Waals surface area contributed by atoms with Crippen molar-refractivity contribution in [1.82, 2.24) is 5.32 Å². The van der Waals surface area contributed by atoms with Crippen LogP contribution in [0.5, 0.6) is 0 Å². The highest BCUT2D eigenvalue weighted by atomic mass is 16.5. The smallest absolute Gasteiger partial charge is 0.0807 e. The molecule has 2 fully saturated rings. The molecule has 0 spiro atoms. The van der Waals surface area contributed by atoms with Crippen molar-refractivity contribution in [3.05, 3.63) is 0 Å². The summed E-state index contributed by atoms with van der Waals surface area (Å²) in [6.45, 7) is 7.75. The van der Waals surface area contributed by atoms with Gasteiger partial charge in [0.15, 0.2) is 0 Å². The molecule has 118 valence electrons. The summed E-state index contributed by atoms with van der Waals surface area (Å²) in [7, 11) is 0. The van der Waals surface area contributed by atoms with Gasteiger partial charge in [-0.05, 0) is 31.6 Å². The molecule has 0 radical (unpaired) electrons. The minimum Gasteiger partial charge on any atom is -0.379 e. The van der Waals surface area contributed by atoms with Gasteiger partial charge < -0.3 is 14.8 Å². The van der Waals surface area contributed by atoms with Gasteiger partial charge in [0.1, 0.15) is 0 Å². The minimum absolute atomic E-state index is 0.0836. The molecule has 20 heavy (non-hydrogen) atoms. The Morgan fingerprint density at radius 1 is 1.05 bits per heavy atom. The summed E-state index contributed by atoms with van der Waals surface area (Å²) in [4.78, 5) is 0. The molecular formula is C17H33NO2. The lowest BCUT2D eigenvalue weighted by atomic mass is 9.94. The summed E-state index contributed by atoms with van der Waals surface area (Å²) in [5.74, 6) is 0.610. The van der Waals surface area contributed by atoms with E-state index in [1.807, 2.05) is 0 Å². The SMILES string of the molecule is CC(C)COCCOC1(CNC2CC2)CCCCCC1. The highest BCUT2D eigenvalue weighted by molar-refractivity contribution is 4.90. The average molecular weight is 283 g/mol. The average Bonchev–Trinajstić information content (AvgIpc) is 3.24. The van der Waals surface area contributed by atoms with Crippen molar-refractivity contribution < 1.29 is 9.47 Å². The Morgan fingerprint density at radius 3 is 2.35 bits per heavy atom. The third-order valence-corrected chi connectivity index (χ3v) is 4.39. The fraction of sp³-hybridized carbons (Fsp3) is 1.00. The molecule has 0 aromatic heterocycles.